The highest BCUT2D eigenvalue weighted by molar-refractivity contribution is 8.16. The second-order valence-corrected chi connectivity index (χ2v) is 12.1. The number of sulfone groups is 1. The van der Waals surface area contributed by atoms with Gasteiger partial charge in [0.1, 0.15) is 0 Å². The first-order chi connectivity index (χ1) is 14.4. The van der Waals surface area contributed by atoms with Crippen LogP contribution in [0.1, 0.15) is 63.5 Å². The molecule has 1 amide bonds. The first kappa shape index (κ1) is 21.9. The Kier molecular flexibility index (Phi) is 6.58. The summed E-state index contributed by atoms with van der Waals surface area (Å²) in [5, 5.41) is 0.651. The number of carbonyl (C=O) groups is 1. The lowest BCUT2D eigenvalue weighted by atomic mass is 10.0. The summed E-state index contributed by atoms with van der Waals surface area (Å²) in [7, 11) is -3.06. The maximum absolute atomic E-state index is 12.7. The van der Waals surface area contributed by atoms with Gasteiger partial charge in [-0.25, -0.2) is 8.42 Å². The van der Waals surface area contributed by atoms with Gasteiger partial charge in [-0.15, -0.1) is 0 Å². The van der Waals surface area contributed by atoms with Gasteiger partial charge in [0.25, 0.3) is 0 Å². The Morgan fingerprint density at radius 3 is 2.43 bits per heavy atom. The molecule has 0 spiro atoms. The van der Waals surface area contributed by atoms with Gasteiger partial charge < -0.3 is 4.90 Å². The smallest absolute Gasteiger partial charge is 0.248 e. The number of anilines is 1. The molecular formula is C23H32N2O3S2. The SMILES string of the molecule is CCc1cccc(CC)c1N1C(=NC(=O)CCC2CCCC2)S[C@H]2CS(=O)(=O)C[C@H]21. The predicted molar refractivity (Wildman–Crippen MR) is 125 cm³/mol. The highest BCUT2D eigenvalue weighted by Gasteiger charge is 2.50. The molecule has 2 heterocycles. The second-order valence-electron chi connectivity index (χ2n) is 8.78. The van der Waals surface area contributed by atoms with Crippen LogP contribution in [0.5, 0.6) is 0 Å². The molecule has 3 fully saturated rings. The molecule has 1 aromatic rings. The van der Waals surface area contributed by atoms with E-state index in [0.717, 1.165) is 24.9 Å². The lowest BCUT2D eigenvalue weighted by molar-refractivity contribution is -0.118. The summed E-state index contributed by atoms with van der Waals surface area (Å²) < 4.78 is 24.7. The minimum Gasteiger partial charge on any atom is -0.315 e. The van der Waals surface area contributed by atoms with Crippen LogP contribution in [-0.2, 0) is 27.5 Å². The number of thioether (sulfide) groups is 1. The summed E-state index contributed by atoms with van der Waals surface area (Å²) in [4.78, 5) is 19.4. The second kappa shape index (κ2) is 9.03. The number of hydrogen-bond donors (Lipinski definition) is 0. The van der Waals surface area contributed by atoms with Crippen LogP contribution < -0.4 is 4.90 Å². The zero-order valence-electron chi connectivity index (χ0n) is 18.0. The van der Waals surface area contributed by atoms with Gasteiger partial charge in [0.2, 0.25) is 5.91 Å². The van der Waals surface area contributed by atoms with E-state index in [-0.39, 0.29) is 28.7 Å². The molecule has 0 aromatic heterocycles. The molecule has 164 valence electrons. The van der Waals surface area contributed by atoms with Gasteiger partial charge in [0.15, 0.2) is 15.0 Å². The van der Waals surface area contributed by atoms with E-state index in [4.69, 9.17) is 0 Å². The zero-order valence-corrected chi connectivity index (χ0v) is 19.6. The van der Waals surface area contributed by atoms with Crippen molar-refractivity contribution in [2.75, 3.05) is 16.4 Å². The van der Waals surface area contributed by atoms with E-state index < -0.39 is 9.84 Å². The van der Waals surface area contributed by atoms with Crippen LogP contribution >= 0.6 is 11.8 Å². The van der Waals surface area contributed by atoms with Crippen LogP contribution in [-0.4, -0.2) is 42.3 Å². The number of nitrogens with zero attached hydrogens (tertiary/aromatic N) is 2. The average Bonchev–Trinajstić information content (AvgIpc) is 3.40. The third-order valence-electron chi connectivity index (χ3n) is 6.73. The van der Waals surface area contributed by atoms with Crippen molar-refractivity contribution in [3.8, 4) is 0 Å². The van der Waals surface area contributed by atoms with Crippen molar-refractivity contribution in [1.82, 2.24) is 0 Å². The molecule has 0 N–H and O–H groups in total. The molecule has 2 atom stereocenters. The Hall–Kier alpha value is -1.34. The van der Waals surface area contributed by atoms with Crippen LogP contribution in [0.25, 0.3) is 0 Å². The molecular weight excluding hydrogens is 416 g/mol. The van der Waals surface area contributed by atoms with Crippen molar-refractivity contribution < 1.29 is 13.2 Å². The summed E-state index contributed by atoms with van der Waals surface area (Å²) >= 11 is 1.49. The first-order valence-electron chi connectivity index (χ1n) is 11.3. The molecule has 5 nitrogen and oxygen atoms in total. The van der Waals surface area contributed by atoms with E-state index in [1.54, 1.807) is 0 Å². The van der Waals surface area contributed by atoms with Crippen molar-refractivity contribution in [3.63, 3.8) is 0 Å². The minimum absolute atomic E-state index is 0.0500. The number of hydrogen-bond acceptors (Lipinski definition) is 4. The highest BCUT2D eigenvalue weighted by atomic mass is 32.2. The normalized spacial score (nSPS) is 27.1. The van der Waals surface area contributed by atoms with Gasteiger partial charge in [0.05, 0.1) is 17.5 Å². The molecule has 0 radical (unpaired) electrons. The van der Waals surface area contributed by atoms with Crippen molar-refractivity contribution in [1.29, 1.82) is 0 Å². The maximum atomic E-state index is 12.7. The highest BCUT2D eigenvalue weighted by Crippen LogP contribution is 2.43. The fourth-order valence-electron chi connectivity index (χ4n) is 5.14. The van der Waals surface area contributed by atoms with Gasteiger partial charge in [-0.05, 0) is 36.3 Å². The topological polar surface area (TPSA) is 66.8 Å². The molecule has 7 heteroatoms. The molecule has 0 bridgehead atoms. The lowest BCUT2D eigenvalue weighted by Crippen LogP contribution is -2.39. The Morgan fingerprint density at radius 1 is 1.13 bits per heavy atom. The molecule has 1 aromatic carbocycles. The third-order valence-corrected chi connectivity index (χ3v) is 9.94. The lowest BCUT2D eigenvalue weighted by Gasteiger charge is -2.29. The number of amides is 1. The molecule has 2 aliphatic heterocycles. The number of fused-ring (bicyclic) bond motifs is 1. The van der Waals surface area contributed by atoms with Gasteiger partial charge in [-0.2, -0.15) is 4.99 Å². The minimum atomic E-state index is -3.06. The average molecular weight is 449 g/mol. The van der Waals surface area contributed by atoms with Crippen LogP contribution in [0, 0.1) is 5.92 Å². The van der Waals surface area contributed by atoms with Crippen LogP contribution in [0.4, 0.5) is 5.69 Å². The van der Waals surface area contributed by atoms with Gasteiger partial charge in [0, 0.05) is 17.4 Å². The Bertz CT molecular complexity index is 914. The fourth-order valence-corrected chi connectivity index (χ4v) is 9.06. The van der Waals surface area contributed by atoms with Crippen LogP contribution in [0.2, 0.25) is 0 Å². The quantitative estimate of drug-likeness (QED) is 0.646. The van der Waals surface area contributed by atoms with E-state index in [1.165, 1.54) is 48.6 Å². The first-order valence-corrected chi connectivity index (χ1v) is 14.0. The predicted octanol–water partition coefficient (Wildman–Crippen LogP) is 4.38. The fraction of sp³-hybridized carbons (Fsp3) is 0.652. The van der Waals surface area contributed by atoms with E-state index >= 15 is 0 Å². The van der Waals surface area contributed by atoms with E-state index in [9.17, 15) is 13.2 Å². The van der Waals surface area contributed by atoms with Crippen molar-refractivity contribution in [3.05, 3.63) is 29.3 Å². The zero-order chi connectivity index (χ0) is 21.3. The Balaban J connectivity index is 1.65. The molecule has 3 aliphatic rings. The van der Waals surface area contributed by atoms with Crippen molar-refractivity contribution >= 4 is 38.4 Å². The number of para-hydroxylation sites is 1. The molecule has 1 saturated carbocycles. The monoisotopic (exact) mass is 448 g/mol. The Morgan fingerprint density at radius 2 is 1.80 bits per heavy atom. The summed E-state index contributed by atoms with van der Waals surface area (Å²) in [5.41, 5.74) is 3.44. The van der Waals surface area contributed by atoms with E-state index in [2.05, 4.69) is 41.9 Å². The third kappa shape index (κ3) is 4.47. The number of aliphatic imine (C=N–C) groups is 1. The largest absolute Gasteiger partial charge is 0.315 e. The number of rotatable bonds is 6. The van der Waals surface area contributed by atoms with Crippen molar-refractivity contribution in [2.24, 2.45) is 10.9 Å². The summed E-state index contributed by atoms with van der Waals surface area (Å²) in [6.07, 6.45) is 8.16. The van der Waals surface area contributed by atoms with E-state index in [0.29, 0.717) is 17.5 Å². The molecule has 0 unspecified atom stereocenters. The van der Waals surface area contributed by atoms with E-state index in [1.807, 2.05) is 0 Å². The van der Waals surface area contributed by atoms with Gasteiger partial charge in [-0.3, -0.25) is 4.79 Å². The van der Waals surface area contributed by atoms with Gasteiger partial charge >= 0.3 is 0 Å². The number of aryl methyl sites for hydroxylation is 2. The number of amidine groups is 1. The summed E-state index contributed by atoms with van der Waals surface area (Å²) in [6.45, 7) is 4.24. The summed E-state index contributed by atoms with van der Waals surface area (Å²) in [6, 6.07) is 6.14. The molecule has 30 heavy (non-hydrogen) atoms. The number of carbonyl (C=O) groups excluding carboxylic acids is 1. The maximum Gasteiger partial charge on any atom is 0.248 e. The van der Waals surface area contributed by atoms with Gasteiger partial charge in [-0.1, -0.05) is 69.5 Å². The standard InChI is InChI=1S/C23H32N2O3S2/c1-3-17-10-7-11-18(4-2)22(17)25-19-14-30(27,28)15-20(19)29-23(25)24-21(26)13-12-16-8-5-6-9-16/h7,10-11,16,19-20H,3-6,8-9,12-15H2,1-2H3/t19-,20+/m1/s1. The molecule has 1 aliphatic carbocycles. The summed E-state index contributed by atoms with van der Waals surface area (Å²) in [5.74, 6) is 0.910. The van der Waals surface area contributed by atoms with Crippen LogP contribution in [0.15, 0.2) is 23.2 Å². The van der Waals surface area contributed by atoms with Crippen LogP contribution in [0.3, 0.4) is 0 Å². The molecule has 4 rings (SSSR count). The number of benzene rings is 1. The van der Waals surface area contributed by atoms with Crippen molar-refractivity contribution in [2.45, 2.75) is 76.5 Å². The Labute approximate surface area is 184 Å². The molecule has 2 saturated heterocycles.